The van der Waals surface area contributed by atoms with E-state index >= 15 is 0 Å². The molecule has 4 N–H and O–H groups in total. The van der Waals surface area contributed by atoms with Crippen LogP contribution in [-0.2, 0) is 0 Å². The molecule has 0 saturated carbocycles. The largest absolute Gasteiger partial charge is 0.395 e. The summed E-state index contributed by atoms with van der Waals surface area (Å²) >= 11 is 0. The lowest BCUT2D eigenvalue weighted by atomic mass is 10.0. The van der Waals surface area contributed by atoms with Gasteiger partial charge in [-0.05, 0) is 13.3 Å². The summed E-state index contributed by atoms with van der Waals surface area (Å²) in [4.78, 5) is 1.83. The van der Waals surface area contributed by atoms with Gasteiger partial charge in [0.05, 0.1) is 31.0 Å². The summed E-state index contributed by atoms with van der Waals surface area (Å²) in [6.45, 7) is 1.76. The zero-order chi connectivity index (χ0) is 10.5. The van der Waals surface area contributed by atoms with Crippen LogP contribution >= 0.6 is 0 Å². The van der Waals surface area contributed by atoms with Gasteiger partial charge in [0, 0.05) is 12.1 Å². The Hall–Kier alpha value is -0.200. The molecule has 14 heavy (non-hydrogen) atoms. The van der Waals surface area contributed by atoms with Crippen LogP contribution in [-0.4, -0.2) is 68.4 Å². The third-order valence-corrected chi connectivity index (χ3v) is 3.55. The molecule has 5 nitrogen and oxygen atoms in total. The molecular weight excluding hydrogens is 186 g/mol. The first-order valence-corrected chi connectivity index (χ1v) is 5.00. The van der Waals surface area contributed by atoms with Crippen LogP contribution in [0.15, 0.2) is 0 Å². The number of hydrogen-bond acceptors (Lipinski definition) is 5. The van der Waals surface area contributed by atoms with Gasteiger partial charge in [-0.25, -0.2) is 0 Å². The molecule has 0 amide bonds. The molecule has 0 radical (unpaired) electrons. The van der Waals surface area contributed by atoms with Crippen molar-refractivity contribution in [2.45, 2.75) is 49.8 Å². The first kappa shape index (κ1) is 10.3. The van der Waals surface area contributed by atoms with E-state index in [-0.39, 0.29) is 18.7 Å². The highest BCUT2D eigenvalue weighted by Crippen LogP contribution is 2.37. The zero-order valence-electron chi connectivity index (χ0n) is 8.11. The highest BCUT2D eigenvalue weighted by molar-refractivity contribution is 5.09. The Morgan fingerprint density at radius 1 is 1.21 bits per heavy atom. The van der Waals surface area contributed by atoms with Gasteiger partial charge in [-0.1, -0.05) is 0 Å². The van der Waals surface area contributed by atoms with Crippen molar-refractivity contribution in [3.63, 3.8) is 0 Å². The molecule has 2 rings (SSSR count). The van der Waals surface area contributed by atoms with Crippen LogP contribution in [0.5, 0.6) is 0 Å². The predicted molar refractivity (Wildman–Crippen MR) is 48.6 cm³/mol. The second-order valence-corrected chi connectivity index (χ2v) is 4.30. The van der Waals surface area contributed by atoms with Gasteiger partial charge in [0.25, 0.3) is 0 Å². The van der Waals surface area contributed by atoms with Crippen molar-refractivity contribution in [3.05, 3.63) is 0 Å². The number of hydrogen-bond donors (Lipinski definition) is 4. The highest BCUT2D eigenvalue weighted by atomic mass is 16.3. The molecule has 2 saturated heterocycles. The Balaban J connectivity index is 2.23. The highest BCUT2D eigenvalue weighted by Gasteiger charge is 2.55. The first-order chi connectivity index (χ1) is 6.57. The maximum Gasteiger partial charge on any atom is 0.0994 e. The molecule has 2 aliphatic rings. The van der Waals surface area contributed by atoms with Crippen LogP contribution in [0.2, 0.25) is 0 Å². The van der Waals surface area contributed by atoms with E-state index in [1.54, 1.807) is 6.92 Å². The molecule has 2 heterocycles. The quantitative estimate of drug-likeness (QED) is 0.392. The molecule has 0 aromatic heterocycles. The second-order valence-electron chi connectivity index (χ2n) is 4.30. The van der Waals surface area contributed by atoms with Gasteiger partial charge in [-0.3, -0.25) is 4.90 Å². The van der Waals surface area contributed by atoms with Crippen LogP contribution in [0.1, 0.15) is 13.3 Å². The third-order valence-electron chi connectivity index (χ3n) is 3.55. The molecule has 0 spiro atoms. The topological polar surface area (TPSA) is 84.2 Å². The fourth-order valence-electron chi connectivity index (χ4n) is 2.82. The first-order valence-electron chi connectivity index (χ1n) is 5.00. The normalized spacial score (nSPS) is 53.8. The van der Waals surface area contributed by atoms with E-state index < -0.39 is 24.4 Å². The standard InChI is InChI=1S/C9H17NO4/c1-4-8(13)9(14)7-6(12)2-5(3-11)10(4)7/h4-9,11-14H,2-3H2,1H3/t4-,5+,6+,7+,8+,9+/m1/s1. The molecule has 0 aliphatic carbocycles. The molecule has 82 valence electrons. The fourth-order valence-corrected chi connectivity index (χ4v) is 2.82. The van der Waals surface area contributed by atoms with Crippen molar-refractivity contribution in [1.29, 1.82) is 0 Å². The average Bonchev–Trinajstić information content (AvgIpc) is 2.60. The molecular formula is C9H17NO4. The van der Waals surface area contributed by atoms with Crippen molar-refractivity contribution in [3.8, 4) is 0 Å². The SMILES string of the molecule is C[C@@H]1[C@H](O)[C@@H](O)[C@@H]2[C@@H](O)C[C@@H](CO)N21. The maximum absolute atomic E-state index is 9.69. The molecule has 0 aromatic rings. The Morgan fingerprint density at radius 3 is 2.43 bits per heavy atom. The summed E-state index contributed by atoms with van der Waals surface area (Å²) in [5, 5.41) is 38.1. The van der Waals surface area contributed by atoms with Crippen molar-refractivity contribution < 1.29 is 20.4 Å². The van der Waals surface area contributed by atoms with E-state index in [9.17, 15) is 15.3 Å². The lowest BCUT2D eigenvalue weighted by molar-refractivity contribution is 0.00428. The van der Waals surface area contributed by atoms with Crippen molar-refractivity contribution >= 4 is 0 Å². The monoisotopic (exact) mass is 203 g/mol. The second kappa shape index (κ2) is 3.43. The van der Waals surface area contributed by atoms with Gasteiger partial charge in [0.1, 0.15) is 0 Å². The molecule has 5 heteroatoms. The molecule has 2 fully saturated rings. The number of fused-ring (bicyclic) bond motifs is 1. The number of aliphatic hydroxyl groups excluding tert-OH is 4. The third kappa shape index (κ3) is 1.20. The summed E-state index contributed by atoms with van der Waals surface area (Å²) in [5.41, 5.74) is 0. The minimum absolute atomic E-state index is 0.0443. The lowest BCUT2D eigenvalue weighted by Gasteiger charge is -2.27. The van der Waals surface area contributed by atoms with Crippen LogP contribution in [0.25, 0.3) is 0 Å². The number of rotatable bonds is 1. The summed E-state index contributed by atoms with van der Waals surface area (Å²) in [6, 6.07) is -0.766. The van der Waals surface area contributed by atoms with Gasteiger partial charge in [-0.15, -0.1) is 0 Å². The Labute approximate surface area is 82.6 Å². The predicted octanol–water partition coefficient (Wildman–Crippen LogP) is -2.09. The van der Waals surface area contributed by atoms with Gasteiger partial charge in [0.15, 0.2) is 0 Å². The molecule has 0 unspecified atom stereocenters. The number of aliphatic hydroxyl groups is 4. The summed E-state index contributed by atoms with van der Waals surface area (Å²) in [7, 11) is 0. The summed E-state index contributed by atoms with van der Waals surface area (Å²) in [5.74, 6) is 0. The van der Waals surface area contributed by atoms with Gasteiger partial charge in [-0.2, -0.15) is 0 Å². The van der Waals surface area contributed by atoms with Crippen molar-refractivity contribution in [2.24, 2.45) is 0 Å². The smallest absolute Gasteiger partial charge is 0.0994 e. The van der Waals surface area contributed by atoms with Crippen LogP contribution < -0.4 is 0 Å². The molecule has 2 aliphatic heterocycles. The zero-order valence-corrected chi connectivity index (χ0v) is 8.11. The van der Waals surface area contributed by atoms with Crippen LogP contribution in [0.3, 0.4) is 0 Å². The van der Waals surface area contributed by atoms with E-state index in [4.69, 9.17) is 5.11 Å². The van der Waals surface area contributed by atoms with Crippen molar-refractivity contribution in [1.82, 2.24) is 4.90 Å². The minimum atomic E-state index is -0.906. The van der Waals surface area contributed by atoms with E-state index in [2.05, 4.69) is 0 Å². The average molecular weight is 203 g/mol. The van der Waals surface area contributed by atoms with E-state index in [1.165, 1.54) is 0 Å². The van der Waals surface area contributed by atoms with E-state index in [1.807, 2.05) is 4.90 Å². The van der Waals surface area contributed by atoms with Crippen LogP contribution in [0, 0.1) is 0 Å². The van der Waals surface area contributed by atoms with Gasteiger partial charge < -0.3 is 20.4 Å². The Kier molecular flexibility index (Phi) is 2.53. The Morgan fingerprint density at radius 2 is 1.86 bits per heavy atom. The lowest BCUT2D eigenvalue weighted by Crippen LogP contribution is -2.42. The molecule has 0 bridgehead atoms. The van der Waals surface area contributed by atoms with Gasteiger partial charge >= 0.3 is 0 Å². The van der Waals surface area contributed by atoms with Crippen LogP contribution in [0.4, 0.5) is 0 Å². The van der Waals surface area contributed by atoms with Crippen molar-refractivity contribution in [2.75, 3.05) is 6.61 Å². The van der Waals surface area contributed by atoms with E-state index in [0.29, 0.717) is 6.42 Å². The molecule has 0 aromatic carbocycles. The maximum atomic E-state index is 9.69. The minimum Gasteiger partial charge on any atom is -0.395 e. The molecule has 6 atom stereocenters. The summed E-state index contributed by atoms with van der Waals surface area (Å²) in [6.07, 6.45) is -1.92. The Bertz CT molecular complexity index is 223. The fraction of sp³-hybridized carbons (Fsp3) is 1.00. The number of nitrogens with zero attached hydrogens (tertiary/aromatic N) is 1. The van der Waals surface area contributed by atoms with E-state index in [0.717, 1.165) is 0 Å². The summed E-state index contributed by atoms with van der Waals surface area (Å²) < 4.78 is 0. The van der Waals surface area contributed by atoms with Gasteiger partial charge in [0.2, 0.25) is 0 Å².